The third-order valence-corrected chi connectivity index (χ3v) is 7.54. The summed E-state index contributed by atoms with van der Waals surface area (Å²) in [4.78, 5) is 0.328. The average Bonchev–Trinajstić information content (AvgIpc) is 3.32. The fourth-order valence-corrected chi connectivity index (χ4v) is 5.34. The van der Waals surface area contributed by atoms with Crippen LogP contribution in [0.2, 0.25) is 0 Å². The van der Waals surface area contributed by atoms with Gasteiger partial charge >= 0.3 is 0 Å². The van der Waals surface area contributed by atoms with Crippen LogP contribution in [-0.4, -0.2) is 27.3 Å². The SMILES string of the molecule is CS(=O)(=O)c1ccc(-c2cc(CNC3CCCNC3c3ccccc3)c3occc3c2)cc1.Cl.Cl. The van der Waals surface area contributed by atoms with Crippen LogP contribution >= 0.6 is 24.8 Å². The van der Waals surface area contributed by atoms with Crippen LogP contribution in [-0.2, 0) is 16.4 Å². The van der Waals surface area contributed by atoms with E-state index in [1.54, 1.807) is 18.4 Å². The van der Waals surface area contributed by atoms with Crippen LogP contribution in [0.5, 0.6) is 0 Å². The molecular formula is C27H30Cl2N2O3S. The molecule has 0 spiro atoms. The Labute approximate surface area is 219 Å². The summed E-state index contributed by atoms with van der Waals surface area (Å²) in [5.74, 6) is 0. The lowest BCUT2D eigenvalue weighted by atomic mass is 9.92. The summed E-state index contributed by atoms with van der Waals surface area (Å²) in [7, 11) is -3.22. The van der Waals surface area contributed by atoms with Gasteiger partial charge in [-0.05, 0) is 66.4 Å². The molecule has 1 aliphatic heterocycles. The number of halogens is 2. The molecule has 0 radical (unpaired) electrons. The van der Waals surface area contributed by atoms with E-state index in [9.17, 15) is 8.42 Å². The van der Waals surface area contributed by atoms with E-state index in [-0.39, 0.29) is 30.9 Å². The fraction of sp³-hybridized carbons (Fsp3) is 0.259. The molecule has 2 atom stereocenters. The molecule has 2 unspecified atom stereocenters. The first kappa shape index (κ1) is 27.2. The molecule has 5 rings (SSSR count). The molecule has 0 amide bonds. The van der Waals surface area contributed by atoms with E-state index in [2.05, 4.69) is 53.1 Å². The van der Waals surface area contributed by atoms with Crippen LogP contribution < -0.4 is 10.6 Å². The second-order valence-corrected chi connectivity index (χ2v) is 10.8. The highest BCUT2D eigenvalue weighted by Gasteiger charge is 2.26. The van der Waals surface area contributed by atoms with Crippen molar-refractivity contribution >= 4 is 45.6 Å². The molecule has 4 aromatic rings. The van der Waals surface area contributed by atoms with Gasteiger partial charge in [0.05, 0.1) is 11.2 Å². The van der Waals surface area contributed by atoms with Gasteiger partial charge in [-0.15, -0.1) is 24.8 Å². The number of rotatable bonds is 6. The summed E-state index contributed by atoms with van der Waals surface area (Å²) in [6.45, 7) is 1.72. The van der Waals surface area contributed by atoms with Crippen molar-refractivity contribution in [1.29, 1.82) is 0 Å². The second kappa shape index (κ2) is 11.6. The molecule has 5 nitrogen and oxygen atoms in total. The molecule has 8 heteroatoms. The zero-order valence-corrected chi connectivity index (χ0v) is 21.9. The van der Waals surface area contributed by atoms with Gasteiger partial charge in [-0.2, -0.15) is 0 Å². The normalized spacial score (nSPS) is 18.0. The minimum Gasteiger partial charge on any atom is -0.464 e. The Balaban J connectivity index is 0.00000171. The number of sulfone groups is 1. The van der Waals surface area contributed by atoms with Crippen LogP contribution in [0.3, 0.4) is 0 Å². The summed E-state index contributed by atoms with van der Waals surface area (Å²) in [6.07, 6.45) is 5.20. The molecule has 35 heavy (non-hydrogen) atoms. The predicted octanol–water partition coefficient (Wildman–Crippen LogP) is 5.93. The topological polar surface area (TPSA) is 71.3 Å². The number of hydrogen-bond donors (Lipinski definition) is 2. The molecule has 0 aliphatic carbocycles. The molecule has 0 bridgehead atoms. The Morgan fingerprint density at radius 3 is 2.43 bits per heavy atom. The molecule has 1 saturated heterocycles. The minimum absolute atomic E-state index is 0. The van der Waals surface area contributed by atoms with Crippen molar-refractivity contribution in [2.75, 3.05) is 12.8 Å². The predicted molar refractivity (Wildman–Crippen MR) is 146 cm³/mol. The van der Waals surface area contributed by atoms with Crippen molar-refractivity contribution in [2.24, 2.45) is 0 Å². The lowest BCUT2D eigenvalue weighted by Crippen LogP contribution is -2.45. The first-order valence-corrected chi connectivity index (χ1v) is 13.2. The first-order chi connectivity index (χ1) is 16.0. The van der Waals surface area contributed by atoms with Crippen molar-refractivity contribution in [1.82, 2.24) is 10.6 Å². The van der Waals surface area contributed by atoms with Crippen LogP contribution in [0.1, 0.15) is 30.0 Å². The maximum Gasteiger partial charge on any atom is 0.175 e. The highest BCUT2D eigenvalue weighted by atomic mass is 35.5. The summed E-state index contributed by atoms with van der Waals surface area (Å²) in [6, 6.07) is 24.5. The van der Waals surface area contributed by atoms with Gasteiger partial charge in [-0.25, -0.2) is 8.42 Å². The third kappa shape index (κ3) is 6.08. The summed E-state index contributed by atoms with van der Waals surface area (Å²) < 4.78 is 29.4. The van der Waals surface area contributed by atoms with Crippen molar-refractivity contribution in [3.63, 3.8) is 0 Å². The van der Waals surface area contributed by atoms with Crippen molar-refractivity contribution in [3.8, 4) is 11.1 Å². The van der Waals surface area contributed by atoms with E-state index in [0.29, 0.717) is 17.5 Å². The maximum atomic E-state index is 11.8. The van der Waals surface area contributed by atoms with E-state index < -0.39 is 9.84 Å². The molecular weight excluding hydrogens is 503 g/mol. The number of hydrogen-bond acceptors (Lipinski definition) is 5. The smallest absolute Gasteiger partial charge is 0.175 e. The van der Waals surface area contributed by atoms with E-state index in [4.69, 9.17) is 4.42 Å². The molecule has 2 N–H and O–H groups in total. The lowest BCUT2D eigenvalue weighted by Gasteiger charge is -2.34. The van der Waals surface area contributed by atoms with Gasteiger partial charge in [0, 0.05) is 35.8 Å². The number of furan rings is 1. The van der Waals surface area contributed by atoms with Crippen LogP contribution in [0.4, 0.5) is 0 Å². The average molecular weight is 534 g/mol. The monoisotopic (exact) mass is 532 g/mol. The highest BCUT2D eigenvalue weighted by molar-refractivity contribution is 7.90. The zero-order chi connectivity index (χ0) is 22.8. The third-order valence-electron chi connectivity index (χ3n) is 6.42. The Morgan fingerprint density at radius 1 is 0.971 bits per heavy atom. The Morgan fingerprint density at radius 2 is 1.71 bits per heavy atom. The van der Waals surface area contributed by atoms with Gasteiger partial charge < -0.3 is 15.1 Å². The Kier molecular flexibility index (Phi) is 9.02. The number of fused-ring (bicyclic) bond motifs is 1. The van der Waals surface area contributed by atoms with E-state index >= 15 is 0 Å². The zero-order valence-electron chi connectivity index (χ0n) is 19.4. The molecule has 2 heterocycles. The largest absolute Gasteiger partial charge is 0.464 e. The van der Waals surface area contributed by atoms with Gasteiger partial charge in [-0.1, -0.05) is 42.5 Å². The van der Waals surface area contributed by atoms with Gasteiger partial charge in [-0.3, -0.25) is 0 Å². The van der Waals surface area contributed by atoms with Crippen molar-refractivity contribution in [2.45, 2.75) is 36.4 Å². The molecule has 1 aromatic heterocycles. The number of benzene rings is 3. The second-order valence-electron chi connectivity index (χ2n) is 8.74. The Bertz CT molecular complexity index is 1360. The lowest BCUT2D eigenvalue weighted by molar-refractivity contribution is 0.304. The molecule has 3 aromatic carbocycles. The molecule has 1 aliphatic rings. The van der Waals surface area contributed by atoms with Gasteiger partial charge in [0.25, 0.3) is 0 Å². The summed E-state index contributed by atoms with van der Waals surface area (Å²) in [5, 5.41) is 8.49. The molecule has 0 saturated carbocycles. The molecule has 1 fully saturated rings. The van der Waals surface area contributed by atoms with Crippen molar-refractivity contribution in [3.05, 3.63) is 90.2 Å². The van der Waals surface area contributed by atoms with Crippen LogP contribution in [0, 0.1) is 0 Å². The Hall–Kier alpha value is -2.35. The summed E-state index contributed by atoms with van der Waals surface area (Å²) >= 11 is 0. The van der Waals surface area contributed by atoms with E-state index in [1.807, 2.05) is 18.2 Å². The number of nitrogens with one attached hydrogen (secondary N) is 2. The van der Waals surface area contributed by atoms with Crippen molar-refractivity contribution < 1.29 is 12.8 Å². The first-order valence-electron chi connectivity index (χ1n) is 11.3. The van der Waals surface area contributed by atoms with E-state index in [0.717, 1.165) is 47.0 Å². The summed E-state index contributed by atoms with van der Waals surface area (Å²) in [5.41, 5.74) is 5.31. The number of piperidine rings is 1. The van der Waals surface area contributed by atoms with Gasteiger partial charge in [0.15, 0.2) is 9.84 Å². The minimum atomic E-state index is -3.22. The standard InChI is InChI=1S/C27H28N2O3S.2ClH/c1-33(30,31)24-11-9-19(10-12-24)22-16-21-13-15-32-27(21)23(17-22)18-29-25-8-5-14-28-26(25)20-6-3-2-4-7-20;;/h2-4,6-7,9-13,15-17,25-26,28-29H,5,8,14,18H2,1H3;2*1H. The maximum absolute atomic E-state index is 11.8. The van der Waals surface area contributed by atoms with Crippen LogP contribution in [0.15, 0.2) is 88.4 Å². The van der Waals surface area contributed by atoms with Gasteiger partial charge in [0.2, 0.25) is 0 Å². The highest BCUT2D eigenvalue weighted by Crippen LogP contribution is 2.30. The van der Waals surface area contributed by atoms with E-state index in [1.165, 1.54) is 11.8 Å². The van der Waals surface area contributed by atoms with Gasteiger partial charge in [0.1, 0.15) is 5.58 Å². The molecule has 186 valence electrons. The fourth-order valence-electron chi connectivity index (χ4n) is 4.71. The quantitative estimate of drug-likeness (QED) is 0.322. The van der Waals surface area contributed by atoms with Crippen LogP contribution in [0.25, 0.3) is 22.1 Å².